The summed E-state index contributed by atoms with van der Waals surface area (Å²) in [6, 6.07) is 3.31. The number of aryl methyl sites for hydroxylation is 1. The van der Waals surface area contributed by atoms with E-state index in [0.717, 1.165) is 10.3 Å². The van der Waals surface area contributed by atoms with Crippen LogP contribution in [-0.4, -0.2) is 35.1 Å². The average molecular weight is 289 g/mol. The zero-order valence-corrected chi connectivity index (χ0v) is 10.7. The monoisotopic (exact) mass is 289 g/mol. The molecule has 0 radical (unpaired) electrons. The minimum Gasteiger partial charge on any atom is -0.427 e. The fraction of sp³-hybridized carbons (Fsp3) is 0.333. The van der Waals surface area contributed by atoms with Crippen molar-refractivity contribution in [3.05, 3.63) is 41.5 Å². The van der Waals surface area contributed by atoms with E-state index in [1.807, 2.05) is 6.92 Å². The van der Waals surface area contributed by atoms with E-state index in [9.17, 15) is 23.2 Å². The standard InChI is InChI=1S/C12H14F3N3O2/c1-9-3-7-18(20)10(8-9)16-5-6-17-11(19)2-4-12(13,14)15/h2-4,7-8,20H,5-6H2,1H3,(H,17,19). The largest absolute Gasteiger partial charge is 0.427 e. The molecule has 0 aromatic carbocycles. The van der Waals surface area contributed by atoms with Crippen LogP contribution in [0.25, 0.3) is 0 Å². The Morgan fingerprint density at radius 1 is 1.55 bits per heavy atom. The van der Waals surface area contributed by atoms with Crippen LogP contribution in [0.1, 0.15) is 5.56 Å². The van der Waals surface area contributed by atoms with Crippen molar-refractivity contribution in [2.75, 3.05) is 13.1 Å². The summed E-state index contributed by atoms with van der Waals surface area (Å²) < 4.78 is 36.2. The molecule has 0 fully saturated rings. The fourth-order valence-corrected chi connectivity index (χ4v) is 1.28. The van der Waals surface area contributed by atoms with Gasteiger partial charge in [-0.2, -0.15) is 17.9 Å². The molecule has 0 saturated heterocycles. The van der Waals surface area contributed by atoms with E-state index >= 15 is 0 Å². The van der Waals surface area contributed by atoms with Gasteiger partial charge >= 0.3 is 6.18 Å². The first-order valence-corrected chi connectivity index (χ1v) is 5.71. The van der Waals surface area contributed by atoms with E-state index < -0.39 is 12.1 Å². The van der Waals surface area contributed by atoms with Crippen LogP contribution in [0.4, 0.5) is 13.2 Å². The molecule has 0 atom stereocenters. The van der Waals surface area contributed by atoms with Gasteiger partial charge in [-0.15, -0.1) is 0 Å². The van der Waals surface area contributed by atoms with Gasteiger partial charge in [-0.1, -0.05) is 0 Å². The molecule has 1 aromatic heterocycles. The molecule has 1 heterocycles. The van der Waals surface area contributed by atoms with Gasteiger partial charge in [-0.3, -0.25) is 9.79 Å². The number of amides is 1. The highest BCUT2D eigenvalue weighted by Gasteiger charge is 2.22. The van der Waals surface area contributed by atoms with Crippen LogP contribution >= 0.6 is 0 Å². The Bertz CT molecular complexity index is 562. The van der Waals surface area contributed by atoms with E-state index in [2.05, 4.69) is 10.3 Å². The van der Waals surface area contributed by atoms with Gasteiger partial charge in [0.25, 0.3) is 0 Å². The Morgan fingerprint density at radius 2 is 2.25 bits per heavy atom. The van der Waals surface area contributed by atoms with Crippen molar-refractivity contribution in [3.8, 4) is 0 Å². The molecule has 1 amide bonds. The molecule has 0 aliphatic heterocycles. The maximum absolute atomic E-state index is 11.8. The number of nitrogens with one attached hydrogen (secondary N) is 1. The highest BCUT2D eigenvalue weighted by atomic mass is 19.4. The van der Waals surface area contributed by atoms with Crippen LogP contribution in [0, 0.1) is 6.92 Å². The van der Waals surface area contributed by atoms with Crippen molar-refractivity contribution in [1.29, 1.82) is 0 Å². The summed E-state index contributed by atoms with van der Waals surface area (Å²) in [5.41, 5.74) is 1.19. The minimum atomic E-state index is -4.51. The summed E-state index contributed by atoms with van der Waals surface area (Å²) >= 11 is 0. The third-order valence-corrected chi connectivity index (χ3v) is 2.18. The molecule has 0 bridgehead atoms. The smallest absolute Gasteiger partial charge is 0.409 e. The predicted octanol–water partition coefficient (Wildman–Crippen LogP) is 1.17. The third-order valence-electron chi connectivity index (χ3n) is 2.18. The van der Waals surface area contributed by atoms with Crippen LogP contribution in [0.2, 0.25) is 0 Å². The number of halogens is 3. The molecular formula is C12H14F3N3O2. The summed E-state index contributed by atoms with van der Waals surface area (Å²) in [6.07, 6.45) is -2.81. The van der Waals surface area contributed by atoms with Gasteiger partial charge in [-0.05, 0) is 24.6 Å². The second kappa shape index (κ2) is 6.78. The van der Waals surface area contributed by atoms with Crippen molar-refractivity contribution in [2.45, 2.75) is 13.1 Å². The van der Waals surface area contributed by atoms with Crippen LogP contribution in [0.5, 0.6) is 0 Å². The summed E-state index contributed by atoms with van der Waals surface area (Å²) in [7, 11) is 0. The van der Waals surface area contributed by atoms with Gasteiger partial charge < -0.3 is 10.5 Å². The number of alkyl halides is 3. The first-order chi connectivity index (χ1) is 9.28. The molecule has 0 saturated carbocycles. The number of hydrogen-bond acceptors (Lipinski definition) is 3. The number of nitrogens with zero attached hydrogens (tertiary/aromatic N) is 2. The Kier molecular flexibility index (Phi) is 5.36. The van der Waals surface area contributed by atoms with Crippen molar-refractivity contribution >= 4 is 5.91 Å². The van der Waals surface area contributed by atoms with Crippen molar-refractivity contribution in [2.24, 2.45) is 4.99 Å². The zero-order chi connectivity index (χ0) is 15.2. The van der Waals surface area contributed by atoms with Gasteiger partial charge in [-0.25, -0.2) is 0 Å². The first-order valence-electron chi connectivity index (χ1n) is 5.71. The number of allylic oxidation sites excluding steroid dienone is 1. The molecule has 0 aliphatic carbocycles. The Hall–Kier alpha value is -2.25. The van der Waals surface area contributed by atoms with Crippen molar-refractivity contribution < 1.29 is 23.2 Å². The number of pyridine rings is 1. The normalized spacial score (nSPS) is 12.9. The Labute approximate surface area is 113 Å². The van der Waals surface area contributed by atoms with Gasteiger partial charge in [0.2, 0.25) is 5.91 Å². The first kappa shape index (κ1) is 15.8. The van der Waals surface area contributed by atoms with Gasteiger partial charge in [0.1, 0.15) is 0 Å². The highest BCUT2D eigenvalue weighted by Crippen LogP contribution is 2.15. The SMILES string of the molecule is Cc1ccn(O)c(=NCCNC(=O)C=CC(F)(F)F)c1. The Morgan fingerprint density at radius 3 is 2.90 bits per heavy atom. The number of rotatable bonds is 4. The van der Waals surface area contributed by atoms with Crippen LogP contribution < -0.4 is 10.8 Å². The van der Waals surface area contributed by atoms with Crippen molar-refractivity contribution in [3.63, 3.8) is 0 Å². The number of hydrogen-bond donors (Lipinski definition) is 2. The number of carbonyl (C=O) groups excluding carboxylic acids is 1. The fourth-order valence-electron chi connectivity index (χ4n) is 1.28. The topological polar surface area (TPSA) is 66.6 Å². The molecule has 8 heteroatoms. The third kappa shape index (κ3) is 6.07. The van der Waals surface area contributed by atoms with Crippen LogP contribution in [-0.2, 0) is 4.79 Å². The molecular weight excluding hydrogens is 275 g/mol. The molecule has 1 rings (SSSR count). The van der Waals surface area contributed by atoms with E-state index in [1.54, 1.807) is 12.1 Å². The van der Waals surface area contributed by atoms with Crippen molar-refractivity contribution in [1.82, 2.24) is 10.0 Å². The number of aromatic nitrogens is 1. The molecule has 110 valence electrons. The van der Waals surface area contributed by atoms with Gasteiger partial charge in [0.15, 0.2) is 5.49 Å². The Balaban J connectivity index is 2.47. The molecule has 2 N–H and O–H groups in total. The summed E-state index contributed by atoms with van der Waals surface area (Å²) in [4.78, 5) is 15.0. The van der Waals surface area contributed by atoms with E-state index in [0.29, 0.717) is 11.6 Å². The predicted molar refractivity (Wildman–Crippen MR) is 65.0 cm³/mol. The molecule has 0 aliphatic rings. The molecule has 1 aromatic rings. The lowest BCUT2D eigenvalue weighted by Crippen LogP contribution is -2.26. The number of carbonyl (C=O) groups is 1. The molecule has 20 heavy (non-hydrogen) atoms. The van der Waals surface area contributed by atoms with E-state index in [1.165, 1.54) is 6.20 Å². The lowest BCUT2D eigenvalue weighted by atomic mass is 10.3. The lowest BCUT2D eigenvalue weighted by Gasteiger charge is -2.02. The van der Waals surface area contributed by atoms with E-state index in [-0.39, 0.29) is 19.2 Å². The van der Waals surface area contributed by atoms with Crippen LogP contribution in [0.3, 0.4) is 0 Å². The highest BCUT2D eigenvalue weighted by molar-refractivity contribution is 5.87. The van der Waals surface area contributed by atoms with Gasteiger partial charge in [0, 0.05) is 24.9 Å². The quantitative estimate of drug-likeness (QED) is 0.496. The maximum Gasteiger partial charge on any atom is 0.409 e. The lowest BCUT2D eigenvalue weighted by molar-refractivity contribution is -0.117. The second-order valence-corrected chi connectivity index (χ2v) is 3.95. The van der Waals surface area contributed by atoms with E-state index in [4.69, 9.17) is 0 Å². The maximum atomic E-state index is 11.8. The summed E-state index contributed by atoms with van der Waals surface area (Å²) in [5.74, 6) is -0.848. The molecule has 5 nitrogen and oxygen atoms in total. The van der Waals surface area contributed by atoms with Crippen LogP contribution in [0.15, 0.2) is 35.5 Å². The summed E-state index contributed by atoms with van der Waals surface area (Å²) in [5, 5.41) is 11.7. The molecule has 0 unspecified atom stereocenters. The minimum absolute atomic E-state index is 0.0645. The summed E-state index contributed by atoms with van der Waals surface area (Å²) in [6.45, 7) is 2.02. The average Bonchev–Trinajstić information content (AvgIpc) is 2.35. The second-order valence-electron chi connectivity index (χ2n) is 3.95. The van der Waals surface area contributed by atoms with Gasteiger partial charge in [0.05, 0.1) is 6.54 Å². The molecule has 0 spiro atoms. The zero-order valence-electron chi connectivity index (χ0n) is 10.7.